The van der Waals surface area contributed by atoms with E-state index < -0.39 is 0 Å². The van der Waals surface area contributed by atoms with Crippen LogP contribution < -0.4 is 16.0 Å². The maximum atomic E-state index is 12.1. The van der Waals surface area contributed by atoms with Gasteiger partial charge in [0.2, 0.25) is 0 Å². The second kappa shape index (κ2) is 7.94. The average Bonchev–Trinajstić information content (AvgIpc) is 3.00. The molecule has 2 rings (SSSR count). The molecule has 1 aromatic rings. The molecule has 5 heteroatoms. The smallest absolute Gasteiger partial charge is 0.321 e. The zero-order valence-corrected chi connectivity index (χ0v) is 13.3. The van der Waals surface area contributed by atoms with Crippen molar-refractivity contribution in [1.82, 2.24) is 10.6 Å². The second-order valence-electron chi connectivity index (χ2n) is 6.12. The quantitative estimate of drug-likeness (QED) is 0.770. The topological polar surface area (TPSA) is 74.8 Å². The van der Waals surface area contributed by atoms with Crippen LogP contribution in [0.4, 0.5) is 4.79 Å². The zero-order valence-electron chi connectivity index (χ0n) is 13.3. The highest BCUT2D eigenvalue weighted by molar-refractivity contribution is 5.96. The number of carbonyl (C=O) groups is 2. The fourth-order valence-corrected chi connectivity index (χ4v) is 2.91. The van der Waals surface area contributed by atoms with Crippen molar-refractivity contribution in [2.45, 2.75) is 57.7 Å². The van der Waals surface area contributed by atoms with Gasteiger partial charge in [0, 0.05) is 11.6 Å². The van der Waals surface area contributed by atoms with Gasteiger partial charge in [0.25, 0.3) is 5.91 Å². The molecule has 0 aliphatic heterocycles. The molecule has 2 atom stereocenters. The lowest BCUT2D eigenvalue weighted by atomic mass is 10.1. The van der Waals surface area contributed by atoms with Crippen LogP contribution in [0.2, 0.25) is 0 Å². The van der Waals surface area contributed by atoms with Crippen LogP contribution in [-0.4, -0.2) is 24.0 Å². The molecular weight excluding hydrogens is 278 g/mol. The molecule has 0 unspecified atom stereocenters. The van der Waals surface area contributed by atoms with Gasteiger partial charge in [-0.05, 0) is 26.7 Å². The van der Waals surface area contributed by atoms with Crippen molar-refractivity contribution in [2.75, 3.05) is 0 Å². The van der Waals surface area contributed by atoms with E-state index >= 15 is 0 Å². The summed E-state index contributed by atoms with van der Waals surface area (Å²) in [7, 11) is 0. The largest absolute Gasteiger partial charge is 0.335 e. The first kappa shape index (κ1) is 16.5. The number of hydrogen-bond donors (Lipinski definition) is 3. The van der Waals surface area contributed by atoms with Gasteiger partial charge < -0.3 is 10.6 Å². The summed E-state index contributed by atoms with van der Waals surface area (Å²) in [5, 5.41) is 7.27. The summed E-state index contributed by atoms with van der Waals surface area (Å²) in [5.41, 5.74) is 1.16. The molecule has 22 heavy (non-hydrogen) atoms. The van der Waals surface area contributed by atoms with Crippen molar-refractivity contribution in [3.8, 4) is 0 Å². The Morgan fingerprint density at radius 3 is 2.41 bits per heavy atom. The number of quaternary nitrogens is 1. The minimum absolute atomic E-state index is 0.167. The van der Waals surface area contributed by atoms with Crippen LogP contribution in [0, 0.1) is 0 Å². The van der Waals surface area contributed by atoms with E-state index in [9.17, 15) is 9.59 Å². The summed E-state index contributed by atoms with van der Waals surface area (Å²) >= 11 is 0. The summed E-state index contributed by atoms with van der Waals surface area (Å²) in [5.74, 6) is -0.252. The van der Waals surface area contributed by atoms with E-state index in [1.54, 1.807) is 0 Å². The first-order valence-corrected chi connectivity index (χ1v) is 8.07. The highest BCUT2D eigenvalue weighted by Crippen LogP contribution is 2.17. The van der Waals surface area contributed by atoms with Crippen molar-refractivity contribution >= 4 is 11.9 Å². The Balaban J connectivity index is 1.77. The molecule has 0 aromatic heterocycles. The van der Waals surface area contributed by atoms with Gasteiger partial charge in [-0.15, -0.1) is 0 Å². The van der Waals surface area contributed by atoms with Crippen LogP contribution in [-0.2, 0) is 4.79 Å². The van der Waals surface area contributed by atoms with Crippen LogP contribution in [0.3, 0.4) is 0 Å². The number of nitrogens with two attached hydrogens (primary N) is 1. The first-order chi connectivity index (χ1) is 10.6. The standard InChI is InChI=1S/C17H25N3O2/c1-12(14-8-4-3-5-9-14)18-13(2)16(21)20-17(22)19-15-10-6-7-11-15/h3-5,8-9,12-13,15,18H,6-7,10-11H2,1-2H3,(H2,19,20,21,22)/p+1/t12-,13+/m1/s1. The van der Waals surface area contributed by atoms with Crippen molar-refractivity contribution in [3.63, 3.8) is 0 Å². The van der Waals surface area contributed by atoms with Crippen molar-refractivity contribution < 1.29 is 14.9 Å². The Kier molecular flexibility index (Phi) is 5.95. The lowest BCUT2D eigenvalue weighted by Gasteiger charge is -2.17. The Morgan fingerprint density at radius 2 is 1.77 bits per heavy atom. The Morgan fingerprint density at radius 1 is 1.14 bits per heavy atom. The molecule has 120 valence electrons. The summed E-state index contributed by atoms with van der Waals surface area (Å²) < 4.78 is 0. The van der Waals surface area contributed by atoms with E-state index in [0.29, 0.717) is 0 Å². The second-order valence-corrected chi connectivity index (χ2v) is 6.12. The van der Waals surface area contributed by atoms with Crippen molar-refractivity contribution in [2.24, 2.45) is 0 Å². The van der Waals surface area contributed by atoms with Crippen LogP contribution in [0.1, 0.15) is 51.1 Å². The predicted molar refractivity (Wildman–Crippen MR) is 85.2 cm³/mol. The minimum atomic E-state index is -0.371. The molecular formula is C17H26N3O2+. The van der Waals surface area contributed by atoms with Gasteiger partial charge in [0.15, 0.2) is 6.04 Å². The fourth-order valence-electron chi connectivity index (χ4n) is 2.91. The van der Waals surface area contributed by atoms with Gasteiger partial charge >= 0.3 is 6.03 Å². The number of rotatable bonds is 5. The zero-order chi connectivity index (χ0) is 15.9. The SMILES string of the molecule is C[C@H]([NH2+][C@H](C)c1ccccc1)C(=O)NC(=O)NC1CCCC1. The van der Waals surface area contributed by atoms with E-state index in [1.165, 1.54) is 0 Å². The van der Waals surface area contributed by atoms with Crippen molar-refractivity contribution in [3.05, 3.63) is 35.9 Å². The molecule has 1 aliphatic carbocycles. The van der Waals surface area contributed by atoms with Crippen LogP contribution in [0.15, 0.2) is 30.3 Å². The summed E-state index contributed by atoms with van der Waals surface area (Å²) in [6, 6.07) is 9.72. The molecule has 1 aliphatic rings. The molecule has 0 radical (unpaired) electrons. The van der Waals surface area contributed by atoms with Crippen LogP contribution in [0.25, 0.3) is 0 Å². The predicted octanol–water partition coefficient (Wildman–Crippen LogP) is 1.47. The number of hydrogen-bond acceptors (Lipinski definition) is 2. The molecule has 3 amide bonds. The van der Waals surface area contributed by atoms with E-state index in [1.807, 2.05) is 42.6 Å². The molecule has 0 saturated heterocycles. The van der Waals surface area contributed by atoms with Gasteiger partial charge in [0.1, 0.15) is 6.04 Å². The number of carbonyl (C=O) groups excluding carboxylic acids is 2. The number of amides is 3. The Bertz CT molecular complexity index is 498. The Labute approximate surface area is 131 Å². The lowest BCUT2D eigenvalue weighted by molar-refractivity contribution is -0.710. The third kappa shape index (κ3) is 4.84. The minimum Gasteiger partial charge on any atom is -0.335 e. The molecule has 0 heterocycles. The van der Waals surface area contributed by atoms with E-state index in [-0.39, 0.29) is 30.1 Å². The van der Waals surface area contributed by atoms with Crippen LogP contribution in [0.5, 0.6) is 0 Å². The summed E-state index contributed by atoms with van der Waals surface area (Å²) in [6.45, 7) is 3.87. The van der Waals surface area contributed by atoms with E-state index in [0.717, 1.165) is 31.2 Å². The highest BCUT2D eigenvalue weighted by atomic mass is 16.2. The first-order valence-electron chi connectivity index (χ1n) is 8.07. The van der Waals surface area contributed by atoms with Gasteiger partial charge in [-0.1, -0.05) is 43.2 Å². The number of imide groups is 1. The Hall–Kier alpha value is -1.88. The van der Waals surface area contributed by atoms with Crippen LogP contribution >= 0.6 is 0 Å². The molecule has 1 fully saturated rings. The molecule has 5 nitrogen and oxygen atoms in total. The monoisotopic (exact) mass is 304 g/mol. The molecule has 1 saturated carbocycles. The number of benzene rings is 1. The van der Waals surface area contributed by atoms with Crippen molar-refractivity contribution in [1.29, 1.82) is 0 Å². The normalized spacial score (nSPS) is 17.7. The maximum Gasteiger partial charge on any atom is 0.321 e. The highest BCUT2D eigenvalue weighted by Gasteiger charge is 2.23. The summed E-state index contributed by atoms with van der Waals surface area (Å²) in [4.78, 5) is 23.9. The lowest BCUT2D eigenvalue weighted by Crippen LogP contribution is -2.92. The fraction of sp³-hybridized carbons (Fsp3) is 0.529. The number of nitrogens with one attached hydrogen (secondary N) is 2. The third-order valence-electron chi connectivity index (χ3n) is 4.24. The van der Waals surface area contributed by atoms with Gasteiger partial charge in [0.05, 0.1) is 0 Å². The molecule has 1 aromatic carbocycles. The molecule has 4 N–H and O–H groups in total. The summed E-state index contributed by atoms with van der Waals surface area (Å²) in [6.07, 6.45) is 4.32. The number of urea groups is 1. The van der Waals surface area contributed by atoms with Gasteiger partial charge in [-0.3, -0.25) is 10.1 Å². The van der Waals surface area contributed by atoms with Gasteiger partial charge in [-0.25, -0.2) is 4.79 Å². The maximum absolute atomic E-state index is 12.1. The van der Waals surface area contributed by atoms with E-state index in [2.05, 4.69) is 17.6 Å². The molecule has 0 spiro atoms. The molecule has 0 bridgehead atoms. The third-order valence-corrected chi connectivity index (χ3v) is 4.24. The van der Waals surface area contributed by atoms with Gasteiger partial charge in [-0.2, -0.15) is 0 Å². The average molecular weight is 304 g/mol. The van der Waals surface area contributed by atoms with E-state index in [4.69, 9.17) is 0 Å².